The molecule has 0 aliphatic heterocycles. The SMILES string of the molecule is CCNC(=NCC(CCO)CC(C)C)NCCC(=O)NC1CCCCC1. The average Bonchev–Trinajstić information content (AvgIpc) is 2.60. The minimum atomic E-state index is 0.123. The van der Waals surface area contributed by atoms with Gasteiger partial charge in [0, 0.05) is 38.7 Å². The Morgan fingerprint density at radius 1 is 1.19 bits per heavy atom. The molecule has 1 rings (SSSR count). The van der Waals surface area contributed by atoms with Crippen LogP contribution >= 0.6 is 0 Å². The van der Waals surface area contributed by atoms with E-state index < -0.39 is 0 Å². The van der Waals surface area contributed by atoms with E-state index >= 15 is 0 Å². The summed E-state index contributed by atoms with van der Waals surface area (Å²) < 4.78 is 0. The van der Waals surface area contributed by atoms with Crippen LogP contribution in [0.4, 0.5) is 0 Å². The molecule has 0 aromatic heterocycles. The number of hydrogen-bond donors (Lipinski definition) is 4. The van der Waals surface area contributed by atoms with Crippen molar-refractivity contribution < 1.29 is 9.90 Å². The number of carbonyl (C=O) groups is 1. The van der Waals surface area contributed by atoms with E-state index in [9.17, 15) is 9.90 Å². The summed E-state index contributed by atoms with van der Waals surface area (Å²) in [6.45, 7) is 8.70. The average molecular weight is 369 g/mol. The minimum absolute atomic E-state index is 0.123. The van der Waals surface area contributed by atoms with Crippen LogP contribution in [0.1, 0.15) is 72.1 Å². The highest BCUT2D eigenvalue weighted by atomic mass is 16.3. The standard InChI is InChI=1S/C20H40N4O2/c1-4-21-20(23-15-17(11-13-25)14-16(2)3)22-12-10-19(26)24-18-8-6-5-7-9-18/h16-18,25H,4-15H2,1-3H3,(H,24,26)(H2,21,22,23). The Balaban J connectivity index is 2.36. The van der Waals surface area contributed by atoms with Crippen LogP contribution in [0.15, 0.2) is 4.99 Å². The second kappa shape index (κ2) is 13.8. The van der Waals surface area contributed by atoms with Gasteiger partial charge in [-0.05, 0) is 44.4 Å². The predicted octanol–water partition coefficient (Wildman–Crippen LogP) is 2.43. The highest BCUT2D eigenvalue weighted by Crippen LogP contribution is 2.17. The number of amides is 1. The lowest BCUT2D eigenvalue weighted by atomic mass is 9.94. The lowest BCUT2D eigenvalue weighted by Crippen LogP contribution is -2.41. The van der Waals surface area contributed by atoms with Crippen molar-refractivity contribution in [3.05, 3.63) is 0 Å². The first-order valence-electron chi connectivity index (χ1n) is 10.5. The van der Waals surface area contributed by atoms with Crippen molar-refractivity contribution in [1.82, 2.24) is 16.0 Å². The highest BCUT2D eigenvalue weighted by Gasteiger charge is 2.15. The number of aliphatic hydroxyl groups excluding tert-OH is 1. The number of rotatable bonds is 11. The summed E-state index contributed by atoms with van der Waals surface area (Å²) in [4.78, 5) is 16.7. The Morgan fingerprint density at radius 3 is 2.54 bits per heavy atom. The van der Waals surface area contributed by atoms with Gasteiger partial charge in [0.2, 0.25) is 5.91 Å². The molecule has 0 aromatic carbocycles. The molecule has 0 spiro atoms. The van der Waals surface area contributed by atoms with Crippen molar-refractivity contribution in [1.29, 1.82) is 0 Å². The number of hydrogen-bond acceptors (Lipinski definition) is 3. The van der Waals surface area contributed by atoms with Gasteiger partial charge >= 0.3 is 0 Å². The summed E-state index contributed by atoms with van der Waals surface area (Å²) in [7, 11) is 0. The summed E-state index contributed by atoms with van der Waals surface area (Å²) in [6, 6.07) is 0.369. The maximum absolute atomic E-state index is 12.1. The van der Waals surface area contributed by atoms with Gasteiger partial charge in [-0.2, -0.15) is 0 Å². The van der Waals surface area contributed by atoms with Gasteiger partial charge in [0.25, 0.3) is 0 Å². The van der Waals surface area contributed by atoms with E-state index in [-0.39, 0.29) is 12.5 Å². The summed E-state index contributed by atoms with van der Waals surface area (Å²) in [6.07, 6.45) is 8.30. The fourth-order valence-electron chi connectivity index (χ4n) is 3.54. The smallest absolute Gasteiger partial charge is 0.221 e. The number of aliphatic hydroxyl groups is 1. The molecule has 152 valence electrons. The van der Waals surface area contributed by atoms with E-state index in [2.05, 4.69) is 34.8 Å². The summed E-state index contributed by atoms with van der Waals surface area (Å²) >= 11 is 0. The maximum atomic E-state index is 12.1. The third-order valence-electron chi connectivity index (χ3n) is 4.81. The molecule has 0 heterocycles. The van der Waals surface area contributed by atoms with Crippen LogP contribution in [0.25, 0.3) is 0 Å². The van der Waals surface area contributed by atoms with Crippen molar-refractivity contribution in [2.24, 2.45) is 16.8 Å². The third-order valence-corrected chi connectivity index (χ3v) is 4.81. The quantitative estimate of drug-likeness (QED) is 0.333. The fraction of sp³-hybridized carbons (Fsp3) is 0.900. The fourth-order valence-corrected chi connectivity index (χ4v) is 3.54. The molecule has 0 radical (unpaired) electrons. The van der Waals surface area contributed by atoms with E-state index in [0.29, 0.717) is 37.4 Å². The zero-order valence-corrected chi connectivity index (χ0v) is 17.0. The normalized spacial score (nSPS) is 17.2. The first kappa shape index (κ1) is 22.7. The predicted molar refractivity (Wildman–Crippen MR) is 108 cm³/mol. The molecule has 4 N–H and O–H groups in total. The van der Waals surface area contributed by atoms with E-state index in [4.69, 9.17) is 0 Å². The van der Waals surface area contributed by atoms with Crippen LogP contribution in [0, 0.1) is 11.8 Å². The molecule has 1 unspecified atom stereocenters. The Hall–Kier alpha value is -1.30. The van der Waals surface area contributed by atoms with Crippen LogP contribution in [-0.2, 0) is 4.79 Å². The number of aliphatic imine (C=N–C) groups is 1. The second-order valence-electron chi connectivity index (χ2n) is 7.81. The lowest BCUT2D eigenvalue weighted by Gasteiger charge is -2.23. The largest absolute Gasteiger partial charge is 0.396 e. The number of carbonyl (C=O) groups excluding carboxylic acids is 1. The molecule has 0 bridgehead atoms. The molecule has 1 aliphatic carbocycles. The summed E-state index contributed by atoms with van der Waals surface area (Å²) in [5.74, 6) is 1.87. The molecule has 1 aliphatic rings. The number of guanidine groups is 1. The van der Waals surface area contributed by atoms with Gasteiger partial charge in [0.15, 0.2) is 5.96 Å². The van der Waals surface area contributed by atoms with E-state index in [0.717, 1.165) is 38.2 Å². The van der Waals surface area contributed by atoms with E-state index in [1.54, 1.807) is 0 Å². The van der Waals surface area contributed by atoms with Gasteiger partial charge in [-0.1, -0.05) is 33.1 Å². The van der Waals surface area contributed by atoms with Gasteiger partial charge < -0.3 is 21.1 Å². The molecule has 26 heavy (non-hydrogen) atoms. The van der Waals surface area contributed by atoms with E-state index in [1.165, 1.54) is 19.3 Å². The molecule has 1 fully saturated rings. The summed E-state index contributed by atoms with van der Waals surface area (Å²) in [5.41, 5.74) is 0. The second-order valence-corrected chi connectivity index (χ2v) is 7.81. The lowest BCUT2D eigenvalue weighted by molar-refractivity contribution is -0.121. The molecule has 0 saturated heterocycles. The van der Waals surface area contributed by atoms with Gasteiger partial charge in [-0.3, -0.25) is 9.79 Å². The van der Waals surface area contributed by atoms with Crippen molar-refractivity contribution in [2.75, 3.05) is 26.2 Å². The first-order valence-corrected chi connectivity index (χ1v) is 10.5. The molecule has 1 amide bonds. The van der Waals surface area contributed by atoms with E-state index in [1.807, 2.05) is 6.92 Å². The molecular formula is C20H40N4O2. The van der Waals surface area contributed by atoms with Crippen LogP contribution in [0.2, 0.25) is 0 Å². The van der Waals surface area contributed by atoms with Gasteiger partial charge in [-0.25, -0.2) is 0 Å². The molecule has 1 saturated carbocycles. The highest BCUT2D eigenvalue weighted by molar-refractivity contribution is 5.81. The van der Waals surface area contributed by atoms with Crippen molar-refractivity contribution in [2.45, 2.75) is 78.2 Å². The molecule has 6 heteroatoms. The topological polar surface area (TPSA) is 85.8 Å². The Morgan fingerprint density at radius 2 is 1.92 bits per heavy atom. The zero-order valence-electron chi connectivity index (χ0n) is 17.0. The monoisotopic (exact) mass is 368 g/mol. The molecule has 6 nitrogen and oxygen atoms in total. The first-order chi connectivity index (χ1) is 12.5. The van der Waals surface area contributed by atoms with Crippen molar-refractivity contribution in [3.8, 4) is 0 Å². The van der Waals surface area contributed by atoms with Crippen molar-refractivity contribution >= 4 is 11.9 Å². The number of nitrogens with one attached hydrogen (secondary N) is 3. The van der Waals surface area contributed by atoms with Crippen LogP contribution in [0.5, 0.6) is 0 Å². The molecule has 0 aromatic rings. The van der Waals surface area contributed by atoms with Crippen molar-refractivity contribution in [3.63, 3.8) is 0 Å². The molecule has 1 atom stereocenters. The minimum Gasteiger partial charge on any atom is -0.396 e. The van der Waals surface area contributed by atoms with Gasteiger partial charge in [0.05, 0.1) is 0 Å². The Kier molecular flexibility index (Phi) is 12.1. The Labute approximate surface area is 159 Å². The zero-order chi connectivity index (χ0) is 19.2. The Bertz CT molecular complexity index is 407. The van der Waals surface area contributed by atoms with Crippen LogP contribution in [-0.4, -0.2) is 49.3 Å². The van der Waals surface area contributed by atoms with Gasteiger partial charge in [0.1, 0.15) is 0 Å². The number of nitrogens with zero attached hydrogens (tertiary/aromatic N) is 1. The van der Waals surface area contributed by atoms with Crippen LogP contribution in [0.3, 0.4) is 0 Å². The summed E-state index contributed by atoms with van der Waals surface area (Å²) in [5, 5.41) is 18.9. The van der Waals surface area contributed by atoms with Crippen LogP contribution < -0.4 is 16.0 Å². The third kappa shape index (κ3) is 10.6. The van der Waals surface area contributed by atoms with Gasteiger partial charge in [-0.15, -0.1) is 0 Å². The maximum Gasteiger partial charge on any atom is 0.221 e. The molecular weight excluding hydrogens is 328 g/mol.